The van der Waals surface area contributed by atoms with Crippen molar-refractivity contribution in [2.45, 2.75) is 26.2 Å². The molecule has 3 atom stereocenters. The first kappa shape index (κ1) is 14.1. The highest BCUT2D eigenvalue weighted by molar-refractivity contribution is 5.84. The van der Waals surface area contributed by atoms with Crippen LogP contribution in [0.3, 0.4) is 0 Å². The second-order valence-electron chi connectivity index (χ2n) is 6.95. The van der Waals surface area contributed by atoms with Crippen LogP contribution in [0.2, 0.25) is 0 Å². The lowest BCUT2D eigenvalue weighted by atomic mass is 9.89. The molecule has 3 rings (SSSR count). The second kappa shape index (κ2) is 4.86. The molecule has 1 aliphatic heterocycles. The van der Waals surface area contributed by atoms with Crippen LogP contribution in [0.25, 0.3) is 0 Å². The molecule has 2 fully saturated rings. The van der Waals surface area contributed by atoms with Crippen LogP contribution >= 0.6 is 0 Å². The Balaban J connectivity index is 1.79. The Kier molecular flexibility index (Phi) is 3.27. The first-order valence-corrected chi connectivity index (χ1v) is 7.46. The van der Waals surface area contributed by atoms with Crippen molar-refractivity contribution in [3.63, 3.8) is 0 Å². The quantitative estimate of drug-likeness (QED) is 0.928. The van der Waals surface area contributed by atoms with E-state index in [2.05, 4.69) is 13.8 Å². The van der Waals surface area contributed by atoms with Crippen molar-refractivity contribution in [2.75, 3.05) is 13.1 Å². The molecule has 0 radical (unpaired) electrons. The predicted molar refractivity (Wildman–Crippen MR) is 78.8 cm³/mol. The van der Waals surface area contributed by atoms with Gasteiger partial charge in [0.15, 0.2) is 0 Å². The van der Waals surface area contributed by atoms with Gasteiger partial charge < -0.3 is 10.0 Å². The number of benzene rings is 1. The van der Waals surface area contributed by atoms with Gasteiger partial charge in [0.2, 0.25) is 5.91 Å². The van der Waals surface area contributed by atoms with E-state index in [0.717, 1.165) is 12.0 Å². The number of aliphatic carboxylic acids is 1. The molecule has 1 unspecified atom stereocenters. The molecular weight excluding hydrogens is 266 g/mol. The Morgan fingerprint density at radius 1 is 1.19 bits per heavy atom. The normalized spacial score (nSPS) is 30.2. The summed E-state index contributed by atoms with van der Waals surface area (Å²) in [7, 11) is 0. The number of carboxylic acid groups (broad SMARTS) is 1. The van der Waals surface area contributed by atoms with E-state index in [4.69, 9.17) is 0 Å². The third kappa shape index (κ3) is 2.55. The number of carbonyl (C=O) groups excluding carboxylic acids is 1. The van der Waals surface area contributed by atoms with E-state index in [1.54, 1.807) is 4.90 Å². The molecule has 1 aromatic carbocycles. The van der Waals surface area contributed by atoms with Crippen LogP contribution in [-0.2, 0) is 9.59 Å². The van der Waals surface area contributed by atoms with Crippen molar-refractivity contribution in [2.24, 2.45) is 17.3 Å². The van der Waals surface area contributed by atoms with Gasteiger partial charge in [0.05, 0.1) is 5.92 Å². The van der Waals surface area contributed by atoms with Gasteiger partial charge in [-0.15, -0.1) is 0 Å². The van der Waals surface area contributed by atoms with Crippen LogP contribution < -0.4 is 0 Å². The summed E-state index contributed by atoms with van der Waals surface area (Å²) in [5.74, 6) is -1.21. The number of rotatable bonds is 3. The fourth-order valence-electron chi connectivity index (χ4n) is 3.38. The monoisotopic (exact) mass is 287 g/mol. The third-order valence-corrected chi connectivity index (χ3v) is 4.99. The van der Waals surface area contributed by atoms with E-state index >= 15 is 0 Å². The highest BCUT2D eigenvalue weighted by Gasteiger charge is 2.53. The highest BCUT2D eigenvalue weighted by atomic mass is 16.4. The maximum atomic E-state index is 12.5. The number of carbonyl (C=O) groups is 2. The summed E-state index contributed by atoms with van der Waals surface area (Å²) in [6, 6.07) is 9.67. The fraction of sp³-hybridized carbons (Fsp3) is 0.529. The van der Waals surface area contributed by atoms with Gasteiger partial charge in [0, 0.05) is 24.9 Å². The molecule has 1 aliphatic carbocycles. The zero-order valence-electron chi connectivity index (χ0n) is 12.5. The zero-order valence-corrected chi connectivity index (χ0v) is 12.5. The van der Waals surface area contributed by atoms with Crippen molar-refractivity contribution in [3.8, 4) is 0 Å². The van der Waals surface area contributed by atoms with Crippen LogP contribution in [0.5, 0.6) is 0 Å². The minimum atomic E-state index is -0.811. The minimum absolute atomic E-state index is 0.0708. The summed E-state index contributed by atoms with van der Waals surface area (Å²) in [6.07, 6.45) is 0.913. The van der Waals surface area contributed by atoms with Gasteiger partial charge in [-0.1, -0.05) is 44.2 Å². The third-order valence-electron chi connectivity index (χ3n) is 4.99. The molecule has 4 nitrogen and oxygen atoms in total. The molecule has 1 N–H and O–H groups in total. The molecule has 1 heterocycles. The van der Waals surface area contributed by atoms with Gasteiger partial charge in [-0.05, 0) is 17.4 Å². The Morgan fingerprint density at radius 2 is 1.81 bits per heavy atom. The Morgan fingerprint density at radius 3 is 2.33 bits per heavy atom. The Hall–Kier alpha value is -1.84. The summed E-state index contributed by atoms with van der Waals surface area (Å²) >= 11 is 0. The molecule has 1 saturated carbocycles. The molecule has 0 spiro atoms. The topological polar surface area (TPSA) is 57.6 Å². The first-order chi connectivity index (χ1) is 9.90. The van der Waals surface area contributed by atoms with Crippen molar-refractivity contribution in [1.29, 1.82) is 0 Å². The van der Waals surface area contributed by atoms with E-state index in [1.807, 2.05) is 30.3 Å². The number of amides is 1. The number of likely N-dealkylation sites (tertiary alicyclic amines) is 1. The van der Waals surface area contributed by atoms with Crippen LogP contribution in [0.4, 0.5) is 0 Å². The summed E-state index contributed by atoms with van der Waals surface area (Å²) in [5.41, 5.74) is 1.09. The van der Waals surface area contributed by atoms with Gasteiger partial charge in [-0.2, -0.15) is 0 Å². The van der Waals surface area contributed by atoms with Gasteiger partial charge in [0.25, 0.3) is 0 Å². The van der Waals surface area contributed by atoms with E-state index in [-0.39, 0.29) is 23.2 Å². The summed E-state index contributed by atoms with van der Waals surface area (Å²) in [6.45, 7) is 5.04. The minimum Gasteiger partial charge on any atom is -0.481 e. The molecule has 4 heteroatoms. The molecule has 1 saturated heterocycles. The van der Waals surface area contributed by atoms with Gasteiger partial charge in [-0.3, -0.25) is 9.59 Å². The maximum Gasteiger partial charge on any atom is 0.308 e. The van der Waals surface area contributed by atoms with Crippen molar-refractivity contribution >= 4 is 11.9 Å². The molecule has 1 aromatic rings. The molecule has 1 amide bonds. The molecule has 21 heavy (non-hydrogen) atoms. The van der Waals surface area contributed by atoms with Crippen LogP contribution in [0.1, 0.15) is 31.7 Å². The molecule has 0 bridgehead atoms. The predicted octanol–water partition coefficient (Wildman–Crippen LogP) is 2.36. The van der Waals surface area contributed by atoms with Crippen LogP contribution in [-0.4, -0.2) is 35.0 Å². The lowest BCUT2D eigenvalue weighted by Crippen LogP contribution is -2.32. The van der Waals surface area contributed by atoms with Crippen molar-refractivity contribution < 1.29 is 14.7 Å². The van der Waals surface area contributed by atoms with Gasteiger partial charge >= 0.3 is 5.97 Å². The largest absolute Gasteiger partial charge is 0.481 e. The molecule has 112 valence electrons. The Bertz CT molecular complexity index is 567. The van der Waals surface area contributed by atoms with Gasteiger partial charge in [-0.25, -0.2) is 0 Å². The van der Waals surface area contributed by atoms with Crippen LogP contribution in [0, 0.1) is 17.3 Å². The SMILES string of the molecule is CC1(C)CC1C(=O)N1C[C@H](C(=O)O)[C@H](c2ccccc2)C1. The lowest BCUT2D eigenvalue weighted by molar-refractivity contribution is -0.142. The van der Waals surface area contributed by atoms with E-state index in [9.17, 15) is 14.7 Å². The average Bonchev–Trinajstić information content (AvgIpc) is 2.89. The van der Waals surface area contributed by atoms with Crippen molar-refractivity contribution in [1.82, 2.24) is 4.90 Å². The number of carboxylic acids is 1. The summed E-state index contributed by atoms with van der Waals surface area (Å²) < 4.78 is 0. The second-order valence-corrected chi connectivity index (χ2v) is 6.95. The number of nitrogens with zero attached hydrogens (tertiary/aromatic N) is 1. The smallest absolute Gasteiger partial charge is 0.308 e. The van der Waals surface area contributed by atoms with Crippen LogP contribution in [0.15, 0.2) is 30.3 Å². The van der Waals surface area contributed by atoms with Crippen molar-refractivity contribution in [3.05, 3.63) is 35.9 Å². The zero-order chi connectivity index (χ0) is 15.2. The Labute approximate surface area is 124 Å². The molecule has 0 aromatic heterocycles. The highest BCUT2D eigenvalue weighted by Crippen LogP contribution is 2.53. The van der Waals surface area contributed by atoms with E-state index in [1.165, 1.54) is 0 Å². The number of hydrogen-bond donors (Lipinski definition) is 1. The number of hydrogen-bond acceptors (Lipinski definition) is 2. The first-order valence-electron chi connectivity index (χ1n) is 7.46. The standard InChI is InChI=1S/C17H21NO3/c1-17(2)8-14(17)15(19)18-9-12(13(10-18)16(20)21)11-6-4-3-5-7-11/h3-7,12-14H,8-10H2,1-2H3,(H,20,21)/t12-,13-,14?/m0/s1. The summed E-state index contributed by atoms with van der Waals surface area (Å²) in [4.78, 5) is 25.8. The molecular formula is C17H21NO3. The van der Waals surface area contributed by atoms with E-state index in [0.29, 0.717) is 13.1 Å². The van der Waals surface area contributed by atoms with E-state index < -0.39 is 11.9 Å². The average molecular weight is 287 g/mol. The van der Waals surface area contributed by atoms with Gasteiger partial charge in [0.1, 0.15) is 0 Å². The fourth-order valence-corrected chi connectivity index (χ4v) is 3.38. The molecule has 2 aliphatic rings. The lowest BCUT2D eigenvalue weighted by Gasteiger charge is -2.17. The maximum absolute atomic E-state index is 12.5. The summed E-state index contributed by atoms with van der Waals surface area (Å²) in [5, 5.41) is 9.46.